The number of rotatable bonds is 8. The van der Waals surface area contributed by atoms with Crippen LogP contribution in [0.5, 0.6) is 5.75 Å². The lowest BCUT2D eigenvalue weighted by molar-refractivity contribution is 0.0942. The summed E-state index contributed by atoms with van der Waals surface area (Å²) in [4.78, 5) is 36.9. The number of fused-ring (bicyclic) bond motifs is 1. The molecule has 1 aromatic carbocycles. The molecule has 0 aliphatic heterocycles. The molecule has 1 fully saturated rings. The van der Waals surface area contributed by atoms with Crippen molar-refractivity contribution in [3.63, 3.8) is 0 Å². The van der Waals surface area contributed by atoms with E-state index in [1.807, 2.05) is 56.3 Å². The Morgan fingerprint density at radius 2 is 2.00 bits per heavy atom. The predicted molar refractivity (Wildman–Crippen MR) is 143 cm³/mol. The van der Waals surface area contributed by atoms with Gasteiger partial charge in [0.1, 0.15) is 16.3 Å². The minimum absolute atomic E-state index is 0.112. The minimum atomic E-state index is 0.112. The molecule has 2 atom stereocenters. The highest BCUT2D eigenvalue weighted by atomic mass is 32.1. The molecule has 3 aromatic heterocycles. The van der Waals surface area contributed by atoms with Crippen molar-refractivity contribution in [3.8, 4) is 17.3 Å². The third-order valence-corrected chi connectivity index (χ3v) is 8.19. The molecule has 186 valence electrons. The van der Waals surface area contributed by atoms with Crippen molar-refractivity contribution in [1.29, 1.82) is 0 Å². The molecule has 1 aliphatic carbocycles. The number of Topliss-reactive ketones (excluding diaryl/α,β-unsaturated/α-hetero) is 2. The average Bonchev–Trinajstić information content (AvgIpc) is 3.48. The Hall–Kier alpha value is -3.32. The van der Waals surface area contributed by atoms with Gasteiger partial charge >= 0.3 is 0 Å². The summed E-state index contributed by atoms with van der Waals surface area (Å²) in [5.74, 6) is 2.07. The van der Waals surface area contributed by atoms with Crippen molar-refractivity contribution in [2.45, 2.75) is 58.4 Å². The minimum Gasteiger partial charge on any atom is -0.495 e. The highest BCUT2D eigenvalue weighted by Gasteiger charge is 2.30. The zero-order chi connectivity index (χ0) is 25.2. The molecule has 0 N–H and O–H groups in total. The van der Waals surface area contributed by atoms with Gasteiger partial charge in [0.2, 0.25) is 0 Å². The van der Waals surface area contributed by atoms with Gasteiger partial charge in [0, 0.05) is 35.5 Å². The number of pyridine rings is 1. The molecule has 1 saturated carbocycles. The number of nitrogens with zero attached hydrogens (tertiary/aromatic N) is 3. The van der Waals surface area contributed by atoms with E-state index in [-0.39, 0.29) is 17.6 Å². The van der Waals surface area contributed by atoms with Gasteiger partial charge in [-0.15, -0.1) is 11.3 Å². The fraction of sp³-hybridized carbons (Fsp3) is 0.379. The molecule has 1 aliphatic rings. The van der Waals surface area contributed by atoms with Crippen molar-refractivity contribution < 1.29 is 14.3 Å². The van der Waals surface area contributed by atoms with E-state index in [0.29, 0.717) is 30.1 Å². The summed E-state index contributed by atoms with van der Waals surface area (Å²) in [5.41, 5.74) is 3.33. The summed E-state index contributed by atoms with van der Waals surface area (Å²) in [7, 11) is 1.62. The van der Waals surface area contributed by atoms with Gasteiger partial charge in [-0.1, -0.05) is 19.4 Å². The molecule has 0 saturated heterocycles. The lowest BCUT2D eigenvalue weighted by atomic mass is 9.82. The maximum atomic E-state index is 13.2. The van der Waals surface area contributed by atoms with E-state index in [2.05, 4.69) is 9.55 Å². The van der Waals surface area contributed by atoms with Gasteiger partial charge in [0.05, 0.1) is 18.1 Å². The summed E-state index contributed by atoms with van der Waals surface area (Å²) in [6, 6.07) is 13.8. The van der Waals surface area contributed by atoms with Crippen molar-refractivity contribution in [2.24, 2.45) is 5.92 Å². The lowest BCUT2D eigenvalue weighted by Gasteiger charge is -2.31. The Balaban J connectivity index is 1.48. The van der Waals surface area contributed by atoms with Gasteiger partial charge in [0.25, 0.3) is 0 Å². The van der Waals surface area contributed by atoms with E-state index in [9.17, 15) is 9.59 Å². The Morgan fingerprint density at radius 3 is 2.75 bits per heavy atom. The number of aryl methyl sites for hydroxylation is 1. The number of methoxy groups -OCH3 is 1. The molecule has 0 bridgehead atoms. The first-order valence-corrected chi connectivity index (χ1v) is 13.4. The Bertz CT molecular complexity index is 1410. The van der Waals surface area contributed by atoms with Crippen molar-refractivity contribution >= 4 is 33.9 Å². The van der Waals surface area contributed by atoms with Gasteiger partial charge in [-0.2, -0.15) is 0 Å². The van der Waals surface area contributed by atoms with Crippen molar-refractivity contribution in [2.75, 3.05) is 7.11 Å². The van der Waals surface area contributed by atoms with E-state index in [1.54, 1.807) is 13.3 Å². The first-order chi connectivity index (χ1) is 17.5. The van der Waals surface area contributed by atoms with Crippen molar-refractivity contribution in [3.05, 3.63) is 64.0 Å². The Morgan fingerprint density at radius 1 is 1.14 bits per heavy atom. The standard InChI is InChI=1S/C29H31N3O3S/c1-4-25(33)20-11-12-24-23(17-20)31-29(22-10-5-6-13-30-22)32(24)21-9-7-8-19(15-21)16-26(34)28-27(35-3)14-18(2)36-28/h5-6,10-14,17,19,21H,4,7-9,15-16H2,1-3H3/t19-,21+/m1/s1. The van der Waals surface area contributed by atoms with Crippen molar-refractivity contribution in [1.82, 2.24) is 14.5 Å². The Labute approximate surface area is 215 Å². The second-order valence-corrected chi connectivity index (χ2v) is 10.8. The number of hydrogen-bond donors (Lipinski definition) is 0. The van der Waals surface area contributed by atoms with Gasteiger partial charge in [-0.05, 0) is 68.5 Å². The summed E-state index contributed by atoms with van der Waals surface area (Å²) in [5, 5.41) is 0. The fourth-order valence-electron chi connectivity index (χ4n) is 5.40. The quantitative estimate of drug-likeness (QED) is 0.241. The van der Waals surface area contributed by atoms with Gasteiger partial charge in [-0.3, -0.25) is 14.6 Å². The van der Waals surface area contributed by atoms with Crippen LogP contribution < -0.4 is 4.74 Å². The number of carbonyl (C=O) groups is 2. The molecule has 0 spiro atoms. The lowest BCUT2D eigenvalue weighted by Crippen LogP contribution is -2.22. The maximum absolute atomic E-state index is 13.2. The molecule has 6 nitrogen and oxygen atoms in total. The first kappa shape index (κ1) is 24.4. The summed E-state index contributed by atoms with van der Waals surface area (Å²) >= 11 is 1.52. The fourth-order valence-corrected chi connectivity index (χ4v) is 6.32. The number of ketones is 2. The normalized spacial score (nSPS) is 17.9. The van der Waals surface area contributed by atoms with Crippen LogP contribution in [0.25, 0.3) is 22.6 Å². The van der Waals surface area contributed by atoms with Crippen LogP contribution >= 0.6 is 11.3 Å². The number of aromatic nitrogens is 3. The summed E-state index contributed by atoms with van der Waals surface area (Å²) in [6.45, 7) is 3.88. The molecule has 0 unspecified atom stereocenters. The smallest absolute Gasteiger partial charge is 0.176 e. The zero-order valence-electron chi connectivity index (χ0n) is 21.0. The van der Waals surface area contributed by atoms with Crippen LogP contribution in [0.15, 0.2) is 48.7 Å². The van der Waals surface area contributed by atoms with Gasteiger partial charge in [0.15, 0.2) is 17.4 Å². The van der Waals surface area contributed by atoms with Crippen LogP contribution in [0.3, 0.4) is 0 Å². The third-order valence-electron chi connectivity index (χ3n) is 7.12. The molecule has 5 rings (SSSR count). The summed E-state index contributed by atoms with van der Waals surface area (Å²) < 4.78 is 7.75. The van der Waals surface area contributed by atoms with E-state index in [4.69, 9.17) is 9.72 Å². The number of carbonyl (C=O) groups excluding carboxylic acids is 2. The van der Waals surface area contributed by atoms with E-state index in [1.165, 1.54) is 11.3 Å². The summed E-state index contributed by atoms with van der Waals surface area (Å²) in [6.07, 6.45) is 6.78. The van der Waals surface area contributed by atoms with Crippen LogP contribution in [-0.4, -0.2) is 33.2 Å². The van der Waals surface area contributed by atoms with E-state index in [0.717, 1.165) is 58.0 Å². The molecular weight excluding hydrogens is 470 g/mol. The monoisotopic (exact) mass is 501 g/mol. The Kier molecular flexibility index (Phi) is 7.01. The molecule has 7 heteroatoms. The number of hydrogen-bond acceptors (Lipinski definition) is 6. The number of benzene rings is 1. The number of thiophene rings is 1. The largest absolute Gasteiger partial charge is 0.495 e. The number of imidazole rings is 1. The molecule has 36 heavy (non-hydrogen) atoms. The van der Waals surface area contributed by atoms with Crippen LogP contribution in [0.4, 0.5) is 0 Å². The molecule has 3 heterocycles. The van der Waals surface area contributed by atoms with Gasteiger partial charge in [-0.25, -0.2) is 4.98 Å². The van der Waals surface area contributed by atoms with Crippen LogP contribution in [0.1, 0.15) is 76.4 Å². The molecular formula is C29H31N3O3S. The highest BCUT2D eigenvalue weighted by molar-refractivity contribution is 7.14. The number of ether oxygens (including phenoxy) is 1. The predicted octanol–water partition coefficient (Wildman–Crippen LogP) is 7.07. The van der Waals surface area contributed by atoms with E-state index >= 15 is 0 Å². The zero-order valence-corrected chi connectivity index (χ0v) is 21.8. The van der Waals surface area contributed by atoms with E-state index < -0.39 is 0 Å². The molecule has 0 amide bonds. The second kappa shape index (κ2) is 10.3. The highest BCUT2D eigenvalue weighted by Crippen LogP contribution is 2.40. The third kappa shape index (κ3) is 4.72. The molecule has 4 aromatic rings. The maximum Gasteiger partial charge on any atom is 0.176 e. The first-order valence-electron chi connectivity index (χ1n) is 12.6. The SMILES string of the molecule is CCC(=O)c1ccc2c(c1)nc(-c1ccccn1)n2[C@H]1CCC[C@@H](CC(=O)c2sc(C)cc2OC)C1. The topological polar surface area (TPSA) is 74.1 Å². The average molecular weight is 502 g/mol. The van der Waals surface area contributed by atoms with Gasteiger partial charge < -0.3 is 9.30 Å². The molecule has 0 radical (unpaired) electrons. The second-order valence-electron chi connectivity index (χ2n) is 9.57. The van der Waals surface area contributed by atoms with Crippen LogP contribution in [0, 0.1) is 12.8 Å². The van der Waals surface area contributed by atoms with Crippen LogP contribution in [-0.2, 0) is 0 Å². The van der Waals surface area contributed by atoms with Crippen LogP contribution in [0.2, 0.25) is 0 Å².